The van der Waals surface area contributed by atoms with E-state index in [2.05, 4.69) is 12.2 Å². The van der Waals surface area contributed by atoms with Crippen LogP contribution >= 0.6 is 11.8 Å². The fourth-order valence-corrected chi connectivity index (χ4v) is 5.52. The van der Waals surface area contributed by atoms with Crippen LogP contribution in [0.1, 0.15) is 45.4 Å². The molecule has 5 nitrogen and oxygen atoms in total. The molecule has 2 saturated heterocycles. The number of amides is 2. The second-order valence-electron chi connectivity index (χ2n) is 7.31. The summed E-state index contributed by atoms with van der Waals surface area (Å²) in [7, 11) is 0. The number of ether oxygens (including phenoxy) is 1. The van der Waals surface area contributed by atoms with E-state index in [1.165, 1.54) is 12.8 Å². The summed E-state index contributed by atoms with van der Waals surface area (Å²) in [4.78, 5) is 26.5. The van der Waals surface area contributed by atoms with E-state index >= 15 is 0 Å². The van der Waals surface area contributed by atoms with E-state index < -0.39 is 0 Å². The summed E-state index contributed by atoms with van der Waals surface area (Å²) in [5, 5.41) is 2.97. The predicted octanol–water partition coefficient (Wildman–Crippen LogP) is 3.40. The molecule has 0 spiro atoms. The third-order valence-corrected chi connectivity index (χ3v) is 6.96. The highest BCUT2D eigenvalue weighted by Gasteiger charge is 2.52. The lowest BCUT2D eigenvalue weighted by Gasteiger charge is -2.29. The fourth-order valence-electron chi connectivity index (χ4n) is 4.09. The van der Waals surface area contributed by atoms with Crippen molar-refractivity contribution in [1.82, 2.24) is 4.90 Å². The number of thioether (sulfide) groups is 1. The predicted molar refractivity (Wildman–Crippen MR) is 98.7 cm³/mol. The molecule has 134 valence electrons. The van der Waals surface area contributed by atoms with E-state index in [0.29, 0.717) is 18.3 Å². The average molecular weight is 360 g/mol. The smallest absolute Gasteiger partial charge is 0.248 e. The van der Waals surface area contributed by atoms with Crippen molar-refractivity contribution in [2.24, 2.45) is 0 Å². The average Bonchev–Trinajstić information content (AvgIpc) is 3.27. The lowest BCUT2D eigenvalue weighted by atomic mass is 10.2. The summed E-state index contributed by atoms with van der Waals surface area (Å²) in [5.41, 5.74) is 0.728. The molecule has 2 heterocycles. The van der Waals surface area contributed by atoms with Crippen LogP contribution in [0.4, 0.5) is 5.69 Å². The number of carbonyl (C=O) groups is 2. The summed E-state index contributed by atoms with van der Waals surface area (Å²) in [6, 6.07) is 7.19. The lowest BCUT2D eigenvalue weighted by Crippen LogP contribution is -2.48. The first-order valence-corrected chi connectivity index (χ1v) is 10.1. The number of hydrogen-bond donors (Lipinski definition) is 1. The largest absolute Gasteiger partial charge is 0.490 e. The molecule has 1 saturated carbocycles. The van der Waals surface area contributed by atoms with Gasteiger partial charge >= 0.3 is 0 Å². The molecule has 0 bridgehead atoms. The zero-order valence-electron chi connectivity index (χ0n) is 14.5. The van der Waals surface area contributed by atoms with Crippen molar-refractivity contribution in [3.05, 3.63) is 24.3 Å². The molecular weight excluding hydrogens is 336 g/mol. The number of carbonyl (C=O) groups excluding carboxylic acids is 2. The Balaban J connectivity index is 1.43. The van der Waals surface area contributed by atoms with Crippen LogP contribution in [0, 0.1) is 0 Å². The fraction of sp³-hybridized carbons (Fsp3) is 0.579. The molecule has 3 fully saturated rings. The van der Waals surface area contributed by atoms with Crippen LogP contribution in [-0.2, 0) is 9.59 Å². The van der Waals surface area contributed by atoms with E-state index in [9.17, 15) is 9.59 Å². The summed E-state index contributed by atoms with van der Waals surface area (Å²) in [5.74, 6) is 1.44. The van der Waals surface area contributed by atoms with Crippen LogP contribution < -0.4 is 10.1 Å². The zero-order valence-corrected chi connectivity index (χ0v) is 15.3. The Bertz CT molecular complexity index is 689. The van der Waals surface area contributed by atoms with Gasteiger partial charge < -0.3 is 15.0 Å². The normalized spacial score (nSPS) is 29.1. The Morgan fingerprint density at radius 2 is 2.16 bits per heavy atom. The quantitative estimate of drug-likeness (QED) is 0.894. The van der Waals surface area contributed by atoms with Crippen molar-refractivity contribution in [3.8, 4) is 5.75 Å². The second-order valence-corrected chi connectivity index (χ2v) is 8.81. The number of nitrogens with one attached hydrogen (secondary N) is 1. The molecule has 0 radical (unpaired) electrons. The molecule has 3 aliphatic rings. The van der Waals surface area contributed by atoms with Crippen molar-refractivity contribution in [2.45, 2.75) is 62.5 Å². The van der Waals surface area contributed by atoms with Gasteiger partial charge in [-0.05, 0) is 51.2 Å². The number of benzene rings is 1. The Kier molecular flexibility index (Phi) is 4.40. The van der Waals surface area contributed by atoms with Crippen molar-refractivity contribution in [3.63, 3.8) is 0 Å². The number of fused-ring (bicyclic) bond motifs is 1. The number of anilines is 1. The molecule has 2 amide bonds. The van der Waals surface area contributed by atoms with Gasteiger partial charge in [0.1, 0.15) is 11.8 Å². The highest BCUT2D eigenvalue weighted by Crippen LogP contribution is 2.47. The number of rotatable bonds is 4. The van der Waals surface area contributed by atoms with Gasteiger partial charge in [-0.3, -0.25) is 9.59 Å². The van der Waals surface area contributed by atoms with Gasteiger partial charge in [-0.2, -0.15) is 0 Å². The summed E-state index contributed by atoms with van der Waals surface area (Å²) in [6.07, 6.45) is 6.31. The molecular formula is C19H24N2O3S. The summed E-state index contributed by atoms with van der Waals surface area (Å²) < 4.78 is 6.01. The number of hydrogen-bond acceptors (Lipinski definition) is 4. The standard InChI is InChI=1S/C19H24N2O3S/c1-19-10-9-17(22)21(19)16(12-25-19)18(23)20-13-5-4-8-15(11-13)24-14-6-2-3-7-14/h4-5,8,11,14,16H,2-3,6-7,9-10,12H2,1H3,(H,20,23)/t16-,19+/m1/s1. The van der Waals surface area contributed by atoms with Crippen molar-refractivity contribution < 1.29 is 14.3 Å². The summed E-state index contributed by atoms with van der Waals surface area (Å²) >= 11 is 1.71. The Labute approximate surface area is 152 Å². The molecule has 0 aromatic heterocycles. The van der Waals surface area contributed by atoms with Crippen LogP contribution in [0.15, 0.2) is 24.3 Å². The van der Waals surface area contributed by atoms with Crippen LogP contribution in [0.25, 0.3) is 0 Å². The van der Waals surface area contributed by atoms with Crippen LogP contribution in [0.2, 0.25) is 0 Å². The zero-order chi connectivity index (χ0) is 17.4. The molecule has 2 aliphatic heterocycles. The first-order chi connectivity index (χ1) is 12.0. The molecule has 6 heteroatoms. The molecule has 0 unspecified atom stereocenters. The van der Waals surface area contributed by atoms with E-state index in [0.717, 1.165) is 30.7 Å². The first kappa shape index (κ1) is 16.8. The van der Waals surface area contributed by atoms with Crippen LogP contribution in [-0.4, -0.2) is 39.5 Å². The first-order valence-electron chi connectivity index (χ1n) is 9.09. The molecule has 1 aliphatic carbocycles. The maximum Gasteiger partial charge on any atom is 0.248 e. The van der Waals surface area contributed by atoms with Gasteiger partial charge in [0.2, 0.25) is 11.8 Å². The van der Waals surface area contributed by atoms with Gasteiger partial charge in [0.25, 0.3) is 0 Å². The minimum absolute atomic E-state index is 0.0889. The molecule has 1 aromatic carbocycles. The SMILES string of the molecule is C[C@]12CCC(=O)N1[C@@H](C(=O)Nc1cccc(OC3CCCC3)c1)CS2. The van der Waals surface area contributed by atoms with Crippen molar-refractivity contribution >= 4 is 29.3 Å². The van der Waals surface area contributed by atoms with Gasteiger partial charge in [-0.15, -0.1) is 11.8 Å². The van der Waals surface area contributed by atoms with E-state index in [1.54, 1.807) is 16.7 Å². The maximum absolute atomic E-state index is 12.7. The Morgan fingerprint density at radius 3 is 2.96 bits per heavy atom. The van der Waals surface area contributed by atoms with Gasteiger partial charge in [-0.1, -0.05) is 6.07 Å². The minimum Gasteiger partial charge on any atom is -0.490 e. The van der Waals surface area contributed by atoms with Crippen molar-refractivity contribution in [1.29, 1.82) is 0 Å². The summed E-state index contributed by atoms with van der Waals surface area (Å²) in [6.45, 7) is 2.06. The second kappa shape index (κ2) is 6.56. The monoisotopic (exact) mass is 360 g/mol. The van der Waals surface area contributed by atoms with Crippen LogP contribution in [0.3, 0.4) is 0 Å². The third kappa shape index (κ3) is 3.24. The molecule has 25 heavy (non-hydrogen) atoms. The van der Waals surface area contributed by atoms with E-state index in [1.807, 2.05) is 24.3 Å². The Hall–Kier alpha value is -1.69. The van der Waals surface area contributed by atoms with Gasteiger partial charge in [0.05, 0.1) is 11.0 Å². The molecule has 4 rings (SSSR count). The maximum atomic E-state index is 12.7. The highest BCUT2D eigenvalue weighted by atomic mass is 32.2. The van der Waals surface area contributed by atoms with Gasteiger partial charge in [0.15, 0.2) is 0 Å². The topological polar surface area (TPSA) is 58.6 Å². The third-order valence-electron chi connectivity index (χ3n) is 5.45. The molecule has 1 aromatic rings. The minimum atomic E-state index is -0.385. The molecule has 1 N–H and O–H groups in total. The number of nitrogens with zero attached hydrogens (tertiary/aromatic N) is 1. The van der Waals surface area contributed by atoms with Crippen molar-refractivity contribution in [2.75, 3.05) is 11.1 Å². The molecule has 2 atom stereocenters. The van der Waals surface area contributed by atoms with Gasteiger partial charge in [-0.25, -0.2) is 0 Å². The van der Waals surface area contributed by atoms with E-state index in [-0.39, 0.29) is 22.7 Å². The van der Waals surface area contributed by atoms with Gasteiger partial charge in [0, 0.05) is 23.9 Å². The Morgan fingerprint density at radius 1 is 1.36 bits per heavy atom. The highest BCUT2D eigenvalue weighted by molar-refractivity contribution is 8.01. The lowest BCUT2D eigenvalue weighted by molar-refractivity contribution is -0.135. The van der Waals surface area contributed by atoms with Crippen LogP contribution in [0.5, 0.6) is 5.75 Å². The van der Waals surface area contributed by atoms with E-state index in [4.69, 9.17) is 4.74 Å².